The summed E-state index contributed by atoms with van der Waals surface area (Å²) in [5.41, 5.74) is 3.60. The quantitative estimate of drug-likeness (QED) is 0.0948. The fraction of sp³-hybridized carbons (Fsp3) is 0.167. The second-order valence-corrected chi connectivity index (χ2v) is 13.0. The Morgan fingerprint density at radius 3 is 2.40 bits per heavy atom. The highest BCUT2D eigenvalue weighted by atomic mass is 32.2. The highest BCUT2D eigenvalue weighted by molar-refractivity contribution is 8.00. The highest BCUT2D eigenvalue weighted by Gasteiger charge is 2.21. The van der Waals surface area contributed by atoms with E-state index in [4.69, 9.17) is 4.74 Å². The molecule has 5 rings (SSSR count). The topological polar surface area (TPSA) is 113 Å². The van der Waals surface area contributed by atoms with Crippen molar-refractivity contribution >= 4 is 73.6 Å². The number of hydrogen-bond acceptors (Lipinski definition) is 8. The molecule has 1 atom stereocenters. The number of benzene rings is 4. The Kier molecular flexibility index (Phi) is 10.9. The lowest BCUT2D eigenvalue weighted by molar-refractivity contribution is -0.116. The molecular weight excluding hydrogens is 631 g/mol. The molecule has 3 N–H and O–H groups in total. The number of thiazole rings is 1. The van der Waals surface area contributed by atoms with Gasteiger partial charge >= 0.3 is 0 Å². The smallest absolute Gasteiger partial charge is 0.272 e. The SMILES string of the molecule is CCC(Sc1cccc(NC(=O)/C(=C\c2ccc(N(C)C)cc2)NC(=O)c2ccccc2)c1)C(=O)Nc1nc2ccc(OC)cc2s1. The van der Waals surface area contributed by atoms with Gasteiger partial charge in [-0.3, -0.25) is 14.4 Å². The van der Waals surface area contributed by atoms with Crippen LogP contribution in [0.25, 0.3) is 16.3 Å². The number of ether oxygens (including phenoxy) is 1. The van der Waals surface area contributed by atoms with Crippen LogP contribution in [0, 0.1) is 0 Å². The Morgan fingerprint density at radius 1 is 0.936 bits per heavy atom. The average molecular weight is 666 g/mol. The van der Waals surface area contributed by atoms with Crippen LogP contribution >= 0.6 is 23.1 Å². The molecule has 11 heteroatoms. The van der Waals surface area contributed by atoms with Crippen molar-refractivity contribution in [2.75, 3.05) is 36.7 Å². The molecule has 0 bridgehead atoms. The molecule has 0 spiro atoms. The van der Waals surface area contributed by atoms with Gasteiger partial charge in [-0.2, -0.15) is 0 Å². The summed E-state index contributed by atoms with van der Waals surface area (Å²) < 4.78 is 6.21. The van der Waals surface area contributed by atoms with Gasteiger partial charge in [-0.25, -0.2) is 4.98 Å². The molecule has 0 saturated carbocycles. The number of methoxy groups -OCH3 is 1. The van der Waals surface area contributed by atoms with Gasteiger partial charge in [-0.15, -0.1) is 11.8 Å². The molecule has 1 heterocycles. The van der Waals surface area contributed by atoms with Gasteiger partial charge in [0.25, 0.3) is 11.8 Å². The van der Waals surface area contributed by atoms with E-state index in [2.05, 4.69) is 20.9 Å². The van der Waals surface area contributed by atoms with E-state index in [1.165, 1.54) is 23.1 Å². The third-order valence-corrected chi connectivity index (χ3v) is 9.40. The second-order valence-electron chi connectivity index (χ2n) is 10.7. The summed E-state index contributed by atoms with van der Waals surface area (Å²) in [5, 5.41) is 8.77. The first-order valence-corrected chi connectivity index (χ1v) is 16.6. The number of aromatic nitrogens is 1. The summed E-state index contributed by atoms with van der Waals surface area (Å²) in [6, 6.07) is 29.2. The third kappa shape index (κ3) is 8.78. The molecule has 0 aliphatic carbocycles. The lowest BCUT2D eigenvalue weighted by Crippen LogP contribution is -2.30. The number of nitrogens with one attached hydrogen (secondary N) is 3. The number of fused-ring (bicyclic) bond motifs is 1. The van der Waals surface area contributed by atoms with Gasteiger partial charge in [0.05, 0.1) is 22.6 Å². The van der Waals surface area contributed by atoms with E-state index >= 15 is 0 Å². The minimum atomic E-state index is -0.481. The van der Waals surface area contributed by atoms with E-state index in [0.29, 0.717) is 22.8 Å². The van der Waals surface area contributed by atoms with Crippen LogP contribution in [0.5, 0.6) is 5.75 Å². The van der Waals surface area contributed by atoms with Crippen molar-refractivity contribution in [3.63, 3.8) is 0 Å². The summed E-state index contributed by atoms with van der Waals surface area (Å²) >= 11 is 2.79. The van der Waals surface area contributed by atoms with Crippen LogP contribution in [-0.4, -0.2) is 49.2 Å². The first kappa shape index (κ1) is 33.2. The number of hydrogen-bond donors (Lipinski definition) is 3. The predicted molar refractivity (Wildman–Crippen MR) is 192 cm³/mol. The summed E-state index contributed by atoms with van der Waals surface area (Å²) in [4.78, 5) is 47.2. The fourth-order valence-electron chi connectivity index (χ4n) is 4.58. The van der Waals surface area contributed by atoms with E-state index in [0.717, 1.165) is 32.1 Å². The van der Waals surface area contributed by atoms with E-state index in [9.17, 15) is 14.4 Å². The number of nitrogens with zero attached hydrogens (tertiary/aromatic N) is 2. The van der Waals surface area contributed by atoms with E-state index in [-0.39, 0.29) is 11.6 Å². The zero-order valence-electron chi connectivity index (χ0n) is 26.4. The molecule has 47 heavy (non-hydrogen) atoms. The van der Waals surface area contributed by atoms with Crippen LogP contribution in [0.1, 0.15) is 29.3 Å². The van der Waals surface area contributed by atoms with Gasteiger partial charge in [-0.05, 0) is 78.7 Å². The molecule has 0 saturated heterocycles. The Morgan fingerprint density at radius 2 is 1.70 bits per heavy atom. The Labute approximate surface area is 282 Å². The van der Waals surface area contributed by atoms with Crippen LogP contribution < -0.4 is 25.6 Å². The third-order valence-electron chi connectivity index (χ3n) is 7.11. The maximum Gasteiger partial charge on any atom is 0.272 e. The van der Waals surface area contributed by atoms with Crippen LogP contribution in [0.2, 0.25) is 0 Å². The lowest BCUT2D eigenvalue weighted by atomic mass is 10.1. The van der Waals surface area contributed by atoms with E-state index < -0.39 is 17.1 Å². The highest BCUT2D eigenvalue weighted by Crippen LogP contribution is 2.32. The molecule has 9 nitrogen and oxygen atoms in total. The van der Waals surface area contributed by atoms with Gasteiger partial charge < -0.3 is 25.6 Å². The molecule has 5 aromatic rings. The molecule has 1 unspecified atom stereocenters. The average Bonchev–Trinajstić information content (AvgIpc) is 3.49. The minimum Gasteiger partial charge on any atom is -0.497 e. The van der Waals surface area contributed by atoms with Crippen molar-refractivity contribution in [1.29, 1.82) is 0 Å². The summed E-state index contributed by atoms with van der Waals surface area (Å²) in [6.07, 6.45) is 2.22. The van der Waals surface area contributed by atoms with Crippen molar-refractivity contribution in [1.82, 2.24) is 10.3 Å². The molecule has 4 aromatic carbocycles. The number of rotatable bonds is 12. The van der Waals surface area contributed by atoms with Gasteiger partial charge in [0.2, 0.25) is 5.91 Å². The van der Waals surface area contributed by atoms with Gasteiger partial charge in [0.15, 0.2) is 5.13 Å². The lowest BCUT2D eigenvalue weighted by Gasteiger charge is -2.15. The normalized spacial score (nSPS) is 11.9. The maximum atomic E-state index is 13.6. The molecule has 1 aromatic heterocycles. The molecule has 0 fully saturated rings. The molecule has 0 aliphatic rings. The number of amides is 3. The van der Waals surface area contributed by atoms with Crippen molar-refractivity contribution in [3.8, 4) is 5.75 Å². The largest absolute Gasteiger partial charge is 0.497 e. The van der Waals surface area contributed by atoms with Gasteiger partial charge in [0, 0.05) is 35.9 Å². The van der Waals surface area contributed by atoms with Crippen molar-refractivity contribution in [3.05, 3.63) is 114 Å². The number of carbonyl (C=O) groups excluding carboxylic acids is 3. The van der Waals surface area contributed by atoms with Crippen molar-refractivity contribution < 1.29 is 19.1 Å². The Bertz CT molecular complexity index is 1910. The van der Waals surface area contributed by atoms with Gasteiger partial charge in [-0.1, -0.05) is 54.7 Å². The molecular formula is C36H35N5O4S2. The summed E-state index contributed by atoms with van der Waals surface area (Å²) in [7, 11) is 5.51. The minimum absolute atomic E-state index is 0.0915. The fourth-order valence-corrected chi connectivity index (χ4v) is 6.49. The standard InChI is InChI=1S/C36H35N5O4S2/c1-5-31(35(44)40-36-39-29-19-18-27(45-4)22-32(29)47-36)46-28-13-9-12-25(21-28)37-34(43)30(38-33(42)24-10-7-6-8-11-24)20-23-14-16-26(17-15-23)41(2)3/h6-22,31H,5H2,1-4H3,(H,37,43)(H,38,42)(H,39,40,44)/b30-20+. The van der Waals surface area contributed by atoms with Gasteiger partial charge in [0.1, 0.15) is 11.4 Å². The zero-order chi connectivity index (χ0) is 33.3. The van der Waals surface area contributed by atoms with Crippen molar-refractivity contribution in [2.45, 2.75) is 23.5 Å². The number of thioether (sulfide) groups is 1. The number of carbonyl (C=O) groups is 3. The molecule has 0 aliphatic heterocycles. The van der Waals surface area contributed by atoms with Crippen LogP contribution in [-0.2, 0) is 9.59 Å². The number of anilines is 3. The molecule has 240 valence electrons. The van der Waals surface area contributed by atoms with Crippen LogP contribution in [0.4, 0.5) is 16.5 Å². The van der Waals surface area contributed by atoms with E-state index in [1.54, 1.807) is 43.5 Å². The predicted octanol–water partition coefficient (Wildman–Crippen LogP) is 7.29. The Hall–Kier alpha value is -5.13. The van der Waals surface area contributed by atoms with E-state index in [1.807, 2.05) is 92.6 Å². The monoisotopic (exact) mass is 665 g/mol. The van der Waals surface area contributed by atoms with Crippen molar-refractivity contribution in [2.24, 2.45) is 0 Å². The zero-order valence-corrected chi connectivity index (χ0v) is 28.1. The summed E-state index contributed by atoms with van der Waals surface area (Å²) in [6.45, 7) is 1.95. The molecule has 3 amide bonds. The van der Waals surface area contributed by atoms with Crippen LogP contribution in [0.3, 0.4) is 0 Å². The first-order chi connectivity index (χ1) is 22.7. The maximum absolute atomic E-state index is 13.6. The summed E-state index contributed by atoms with van der Waals surface area (Å²) in [5.74, 6) is -0.310. The second kappa shape index (κ2) is 15.4. The van der Waals surface area contributed by atoms with Crippen LogP contribution in [0.15, 0.2) is 108 Å². The Balaban J connectivity index is 1.30. The molecule has 0 radical (unpaired) electrons. The first-order valence-electron chi connectivity index (χ1n) is 14.9.